The van der Waals surface area contributed by atoms with Crippen LogP contribution in [-0.4, -0.2) is 33.6 Å². The van der Waals surface area contributed by atoms with E-state index in [0.29, 0.717) is 4.08 Å². The Morgan fingerprint density at radius 2 is 1.65 bits per heavy atom. The maximum atomic E-state index is 2.61. The number of thioether (sulfide) groups is 2. The minimum Gasteiger partial charge on any atom is -0.299 e. The molecule has 1 aromatic carbocycles. The number of likely N-dealkylation sites (tertiary alicyclic amines) is 1. The zero-order chi connectivity index (χ0) is 11.6. The highest BCUT2D eigenvalue weighted by atomic mass is 32.2. The molecule has 3 rings (SSSR count). The van der Waals surface area contributed by atoms with Gasteiger partial charge in [0.15, 0.2) is 0 Å². The van der Waals surface area contributed by atoms with Crippen LogP contribution < -0.4 is 0 Å². The summed E-state index contributed by atoms with van der Waals surface area (Å²) < 4.78 is 0.590. The Bertz CT molecular complexity index is 350. The van der Waals surface area contributed by atoms with Gasteiger partial charge in [0.25, 0.3) is 0 Å². The molecule has 92 valence electrons. The molecule has 0 unspecified atom stereocenters. The fourth-order valence-corrected chi connectivity index (χ4v) is 5.87. The molecule has 1 nitrogen and oxygen atoms in total. The molecule has 0 saturated carbocycles. The van der Waals surface area contributed by atoms with Gasteiger partial charge in [-0.15, -0.1) is 23.5 Å². The highest BCUT2D eigenvalue weighted by molar-refractivity contribution is 8.21. The summed E-state index contributed by atoms with van der Waals surface area (Å²) in [6.45, 7) is 3.68. The van der Waals surface area contributed by atoms with E-state index in [1.165, 1.54) is 43.0 Å². The van der Waals surface area contributed by atoms with Crippen molar-refractivity contribution in [2.75, 3.05) is 24.6 Å². The van der Waals surface area contributed by atoms with Crippen LogP contribution in [0.25, 0.3) is 0 Å². The Hall–Kier alpha value is -0.120. The number of hydrogen-bond acceptors (Lipinski definition) is 3. The van der Waals surface area contributed by atoms with Crippen LogP contribution in [0.5, 0.6) is 0 Å². The summed E-state index contributed by atoms with van der Waals surface area (Å²) >= 11 is 4.42. The van der Waals surface area contributed by atoms with E-state index in [2.05, 4.69) is 58.8 Å². The molecule has 2 heterocycles. The second-order valence-corrected chi connectivity index (χ2v) is 8.08. The molecule has 0 amide bonds. The van der Waals surface area contributed by atoms with E-state index >= 15 is 0 Å². The molecule has 1 spiro atoms. The monoisotopic (exact) mass is 265 g/mol. The maximum absolute atomic E-state index is 2.61. The molecular weight excluding hydrogens is 246 g/mol. The molecule has 0 aliphatic carbocycles. The Kier molecular flexibility index (Phi) is 3.69. The van der Waals surface area contributed by atoms with Gasteiger partial charge in [-0.1, -0.05) is 30.3 Å². The predicted octanol–water partition coefficient (Wildman–Crippen LogP) is 3.46. The van der Waals surface area contributed by atoms with Crippen molar-refractivity contribution in [3.63, 3.8) is 0 Å². The molecule has 2 saturated heterocycles. The average Bonchev–Trinajstić information content (AvgIpc) is 2.83. The first kappa shape index (κ1) is 11.9. The van der Waals surface area contributed by atoms with Crippen molar-refractivity contribution in [3.8, 4) is 0 Å². The van der Waals surface area contributed by atoms with E-state index in [0.717, 1.165) is 6.54 Å². The van der Waals surface area contributed by atoms with Crippen LogP contribution in [0.15, 0.2) is 30.3 Å². The highest BCUT2D eigenvalue weighted by Gasteiger charge is 2.38. The number of rotatable bonds is 2. The van der Waals surface area contributed by atoms with Gasteiger partial charge in [-0.25, -0.2) is 0 Å². The fourth-order valence-electron chi connectivity index (χ4n) is 2.68. The second kappa shape index (κ2) is 5.25. The summed E-state index contributed by atoms with van der Waals surface area (Å²) in [5, 5.41) is 0. The first-order chi connectivity index (χ1) is 8.36. The minimum atomic E-state index is 0.590. The number of piperidine rings is 1. The van der Waals surface area contributed by atoms with Gasteiger partial charge in [0.1, 0.15) is 0 Å². The lowest BCUT2D eigenvalue weighted by atomic mass is 10.1. The van der Waals surface area contributed by atoms with Gasteiger partial charge in [-0.2, -0.15) is 0 Å². The molecule has 0 bridgehead atoms. The number of benzene rings is 1. The van der Waals surface area contributed by atoms with Crippen LogP contribution in [0.3, 0.4) is 0 Å². The van der Waals surface area contributed by atoms with E-state index in [9.17, 15) is 0 Å². The van der Waals surface area contributed by atoms with Gasteiger partial charge >= 0.3 is 0 Å². The predicted molar refractivity (Wildman–Crippen MR) is 78.6 cm³/mol. The minimum absolute atomic E-state index is 0.590. The Labute approximate surface area is 112 Å². The standard InChI is InChI=1S/C14H19NS2/c1-2-4-13(5-3-1)12-15-8-6-14(7-9-15)16-10-11-17-14/h1-5H,6-12H2. The summed E-state index contributed by atoms with van der Waals surface area (Å²) in [6, 6.07) is 10.9. The van der Waals surface area contributed by atoms with Crippen molar-refractivity contribution >= 4 is 23.5 Å². The Morgan fingerprint density at radius 1 is 1.00 bits per heavy atom. The Morgan fingerprint density at radius 3 is 2.29 bits per heavy atom. The first-order valence-electron chi connectivity index (χ1n) is 6.41. The third kappa shape index (κ3) is 2.83. The van der Waals surface area contributed by atoms with Crippen LogP contribution >= 0.6 is 23.5 Å². The van der Waals surface area contributed by atoms with Gasteiger partial charge in [0.05, 0.1) is 4.08 Å². The first-order valence-corrected chi connectivity index (χ1v) is 8.38. The zero-order valence-corrected chi connectivity index (χ0v) is 11.7. The van der Waals surface area contributed by atoms with Crippen LogP contribution in [-0.2, 0) is 6.54 Å². The average molecular weight is 265 g/mol. The Balaban J connectivity index is 1.55. The lowest BCUT2D eigenvalue weighted by Crippen LogP contribution is -2.39. The molecule has 2 aliphatic rings. The van der Waals surface area contributed by atoms with E-state index in [-0.39, 0.29) is 0 Å². The summed E-state index contributed by atoms with van der Waals surface area (Å²) in [6.07, 6.45) is 2.74. The second-order valence-electron chi connectivity index (χ2n) is 4.87. The van der Waals surface area contributed by atoms with Crippen LogP contribution in [0.4, 0.5) is 0 Å². The molecule has 1 aromatic rings. The summed E-state index contributed by atoms with van der Waals surface area (Å²) in [5.74, 6) is 2.73. The fraction of sp³-hybridized carbons (Fsp3) is 0.571. The quantitative estimate of drug-likeness (QED) is 0.806. The molecule has 17 heavy (non-hydrogen) atoms. The smallest absolute Gasteiger partial charge is 0.0636 e. The zero-order valence-electron chi connectivity index (χ0n) is 10.1. The molecule has 0 aromatic heterocycles. The maximum Gasteiger partial charge on any atom is 0.0636 e. The van der Waals surface area contributed by atoms with E-state index < -0.39 is 0 Å². The topological polar surface area (TPSA) is 3.24 Å². The van der Waals surface area contributed by atoms with Gasteiger partial charge in [0, 0.05) is 31.1 Å². The summed E-state index contributed by atoms with van der Waals surface area (Å²) in [5.41, 5.74) is 1.45. The van der Waals surface area contributed by atoms with Crippen molar-refractivity contribution in [1.29, 1.82) is 0 Å². The number of nitrogens with zero attached hydrogens (tertiary/aromatic N) is 1. The van der Waals surface area contributed by atoms with Gasteiger partial charge < -0.3 is 0 Å². The van der Waals surface area contributed by atoms with Crippen molar-refractivity contribution in [2.45, 2.75) is 23.5 Å². The molecule has 3 heteroatoms. The van der Waals surface area contributed by atoms with Crippen LogP contribution in [0.2, 0.25) is 0 Å². The van der Waals surface area contributed by atoms with E-state index in [1.807, 2.05) is 0 Å². The normalized spacial score (nSPS) is 24.2. The van der Waals surface area contributed by atoms with E-state index in [4.69, 9.17) is 0 Å². The van der Waals surface area contributed by atoms with Crippen molar-refractivity contribution in [2.24, 2.45) is 0 Å². The largest absolute Gasteiger partial charge is 0.299 e. The van der Waals surface area contributed by atoms with Gasteiger partial charge in [-0.05, 0) is 18.4 Å². The number of hydrogen-bond donors (Lipinski definition) is 0. The van der Waals surface area contributed by atoms with Crippen LogP contribution in [0.1, 0.15) is 18.4 Å². The molecule has 2 aliphatic heterocycles. The van der Waals surface area contributed by atoms with Crippen molar-refractivity contribution < 1.29 is 0 Å². The van der Waals surface area contributed by atoms with Crippen molar-refractivity contribution in [1.82, 2.24) is 4.90 Å². The molecule has 0 radical (unpaired) electrons. The lowest BCUT2D eigenvalue weighted by Gasteiger charge is -2.38. The molecule has 2 fully saturated rings. The molecule has 0 N–H and O–H groups in total. The summed E-state index contributed by atoms with van der Waals surface area (Å²) in [4.78, 5) is 2.61. The third-order valence-corrected chi connectivity index (χ3v) is 7.33. The third-order valence-electron chi connectivity index (χ3n) is 3.68. The van der Waals surface area contributed by atoms with Gasteiger partial charge in [0.2, 0.25) is 0 Å². The molecular formula is C14H19NS2. The molecule has 0 atom stereocenters. The van der Waals surface area contributed by atoms with Gasteiger partial charge in [-0.3, -0.25) is 4.90 Å². The lowest BCUT2D eigenvalue weighted by molar-refractivity contribution is 0.218. The van der Waals surface area contributed by atoms with E-state index in [1.54, 1.807) is 0 Å². The van der Waals surface area contributed by atoms with Crippen LogP contribution in [0, 0.1) is 0 Å². The summed E-state index contributed by atoms with van der Waals surface area (Å²) in [7, 11) is 0. The van der Waals surface area contributed by atoms with Crippen molar-refractivity contribution in [3.05, 3.63) is 35.9 Å². The highest BCUT2D eigenvalue weighted by Crippen LogP contribution is 2.50. The SMILES string of the molecule is c1ccc(CN2CCC3(CC2)SCCS3)cc1.